The minimum atomic E-state index is -0.193. The molecule has 6 heteroatoms. The van der Waals surface area contributed by atoms with Crippen LogP contribution in [0, 0.1) is 6.92 Å². The Morgan fingerprint density at radius 1 is 1.36 bits per heavy atom. The summed E-state index contributed by atoms with van der Waals surface area (Å²) in [5, 5.41) is 3.60. The van der Waals surface area contributed by atoms with E-state index in [1.807, 2.05) is 31.4 Å². The Hall–Kier alpha value is -2.08. The summed E-state index contributed by atoms with van der Waals surface area (Å²) in [7, 11) is 0. The molecule has 25 heavy (non-hydrogen) atoms. The molecule has 1 amide bonds. The van der Waals surface area contributed by atoms with Crippen LogP contribution in [0.5, 0.6) is 0 Å². The molecule has 5 nitrogen and oxygen atoms in total. The first-order chi connectivity index (χ1) is 12.0. The summed E-state index contributed by atoms with van der Waals surface area (Å²) in [6.07, 6.45) is 5.30. The van der Waals surface area contributed by atoms with Gasteiger partial charge in [0, 0.05) is 11.3 Å². The van der Waals surface area contributed by atoms with E-state index in [0.717, 1.165) is 53.8 Å². The molecule has 0 fully saturated rings. The Balaban J connectivity index is 1.89. The van der Waals surface area contributed by atoms with Gasteiger partial charge in [-0.05, 0) is 50.0 Å². The van der Waals surface area contributed by atoms with Gasteiger partial charge in [0.15, 0.2) is 5.16 Å². The fourth-order valence-electron chi connectivity index (χ4n) is 3.33. The molecule has 0 unspecified atom stereocenters. The van der Waals surface area contributed by atoms with Gasteiger partial charge in [-0.25, -0.2) is 4.98 Å². The Morgan fingerprint density at radius 2 is 2.16 bits per heavy atom. The Labute approximate surface area is 151 Å². The lowest BCUT2D eigenvalue weighted by Crippen LogP contribution is -2.32. The molecule has 0 radical (unpaired) electrons. The van der Waals surface area contributed by atoms with Crippen molar-refractivity contribution in [1.82, 2.24) is 9.55 Å². The van der Waals surface area contributed by atoms with Gasteiger partial charge < -0.3 is 5.32 Å². The number of benzene rings is 1. The Bertz CT molecular complexity index is 874. The molecule has 1 aliphatic rings. The largest absolute Gasteiger partial charge is 0.324 e. The third-order valence-electron chi connectivity index (χ3n) is 4.64. The number of carbonyl (C=O) groups is 1. The van der Waals surface area contributed by atoms with Crippen molar-refractivity contribution in [2.75, 3.05) is 11.6 Å². The molecule has 1 N–H and O–H groups in total. The van der Waals surface area contributed by atoms with Gasteiger partial charge in [0.1, 0.15) is 6.54 Å². The average molecular weight is 357 g/mol. The van der Waals surface area contributed by atoms with Gasteiger partial charge >= 0.3 is 0 Å². The maximum atomic E-state index is 12.7. The maximum absolute atomic E-state index is 12.7. The summed E-state index contributed by atoms with van der Waals surface area (Å²) in [5.41, 5.74) is 4.58. The number of hydrogen-bond acceptors (Lipinski definition) is 4. The third-order valence-corrected chi connectivity index (χ3v) is 5.32. The standard InChI is InChI=1S/C19H23N3O2S/c1-4-13-8-5-7-12(2)17(13)21-16(23)11-22-18(24)14-9-6-10-15(14)20-19(22)25-3/h5,7-8H,4,6,9-11H2,1-3H3,(H,21,23). The monoisotopic (exact) mass is 357 g/mol. The number of para-hydroxylation sites is 1. The first kappa shape index (κ1) is 17.7. The highest BCUT2D eigenvalue weighted by Gasteiger charge is 2.21. The minimum Gasteiger partial charge on any atom is -0.324 e. The smallest absolute Gasteiger partial charge is 0.258 e. The van der Waals surface area contributed by atoms with E-state index in [-0.39, 0.29) is 18.0 Å². The normalized spacial score (nSPS) is 12.9. The van der Waals surface area contributed by atoms with Crippen LogP contribution < -0.4 is 10.9 Å². The first-order valence-electron chi connectivity index (χ1n) is 8.60. The summed E-state index contributed by atoms with van der Waals surface area (Å²) in [6.45, 7) is 4.03. The van der Waals surface area contributed by atoms with Crippen LogP contribution in [0.15, 0.2) is 28.2 Å². The number of fused-ring (bicyclic) bond motifs is 1. The van der Waals surface area contributed by atoms with Crippen molar-refractivity contribution in [3.05, 3.63) is 50.9 Å². The van der Waals surface area contributed by atoms with Crippen molar-refractivity contribution < 1.29 is 4.79 Å². The molecule has 0 spiro atoms. The molecule has 1 aromatic heterocycles. The highest BCUT2D eigenvalue weighted by atomic mass is 32.2. The van der Waals surface area contributed by atoms with E-state index in [0.29, 0.717) is 5.16 Å². The van der Waals surface area contributed by atoms with Crippen LogP contribution in [0.3, 0.4) is 0 Å². The lowest BCUT2D eigenvalue weighted by Gasteiger charge is -2.15. The molecule has 0 aliphatic heterocycles. The lowest BCUT2D eigenvalue weighted by molar-refractivity contribution is -0.116. The maximum Gasteiger partial charge on any atom is 0.258 e. The van der Waals surface area contributed by atoms with E-state index in [9.17, 15) is 9.59 Å². The van der Waals surface area contributed by atoms with Gasteiger partial charge in [-0.15, -0.1) is 0 Å². The summed E-state index contributed by atoms with van der Waals surface area (Å²) in [5.74, 6) is -0.193. The zero-order valence-corrected chi connectivity index (χ0v) is 15.7. The first-order valence-corrected chi connectivity index (χ1v) is 9.82. The molecule has 0 bridgehead atoms. The fraction of sp³-hybridized carbons (Fsp3) is 0.421. The van der Waals surface area contributed by atoms with Crippen LogP contribution in [-0.2, 0) is 30.6 Å². The molecule has 1 aliphatic carbocycles. The van der Waals surface area contributed by atoms with Crippen LogP contribution >= 0.6 is 11.8 Å². The van der Waals surface area contributed by atoms with Gasteiger partial charge in [-0.1, -0.05) is 36.9 Å². The van der Waals surface area contributed by atoms with Crippen molar-refractivity contribution in [3.63, 3.8) is 0 Å². The topological polar surface area (TPSA) is 64.0 Å². The molecule has 1 heterocycles. The van der Waals surface area contributed by atoms with E-state index in [1.165, 1.54) is 16.3 Å². The molecular weight excluding hydrogens is 334 g/mol. The molecule has 3 rings (SSSR count). The number of rotatable bonds is 5. The van der Waals surface area contributed by atoms with Gasteiger partial charge in [-0.2, -0.15) is 0 Å². The summed E-state index contributed by atoms with van der Waals surface area (Å²) in [6, 6.07) is 5.98. The number of aromatic nitrogens is 2. The molecule has 0 atom stereocenters. The second-order valence-corrected chi connectivity index (χ2v) is 7.05. The van der Waals surface area contributed by atoms with Crippen molar-refractivity contribution in [2.24, 2.45) is 0 Å². The van der Waals surface area contributed by atoms with Crippen LogP contribution in [0.4, 0.5) is 5.69 Å². The number of nitrogens with one attached hydrogen (secondary N) is 1. The third kappa shape index (κ3) is 3.49. The predicted octanol–water partition coefficient (Wildman–Crippen LogP) is 2.96. The van der Waals surface area contributed by atoms with Crippen LogP contribution in [0.2, 0.25) is 0 Å². The Kier molecular flexibility index (Phi) is 5.27. The number of anilines is 1. The van der Waals surface area contributed by atoms with Crippen molar-refractivity contribution in [3.8, 4) is 0 Å². The van der Waals surface area contributed by atoms with Crippen molar-refractivity contribution >= 4 is 23.4 Å². The number of thioether (sulfide) groups is 1. The molecule has 132 valence electrons. The number of amides is 1. The van der Waals surface area contributed by atoms with E-state index in [4.69, 9.17) is 0 Å². The number of aryl methyl sites for hydroxylation is 3. The fourth-order valence-corrected chi connectivity index (χ4v) is 3.90. The van der Waals surface area contributed by atoms with E-state index >= 15 is 0 Å². The van der Waals surface area contributed by atoms with Gasteiger partial charge in [0.2, 0.25) is 5.91 Å². The second kappa shape index (κ2) is 7.44. The molecule has 1 aromatic carbocycles. The summed E-state index contributed by atoms with van der Waals surface area (Å²) < 4.78 is 1.51. The SMILES string of the molecule is CCc1cccc(C)c1NC(=O)Cn1c(SC)nc2c(c1=O)CCC2. The van der Waals surface area contributed by atoms with Crippen LogP contribution in [0.25, 0.3) is 0 Å². The number of hydrogen-bond donors (Lipinski definition) is 1. The lowest BCUT2D eigenvalue weighted by atomic mass is 10.1. The van der Waals surface area contributed by atoms with Crippen LogP contribution in [0.1, 0.15) is 35.7 Å². The Morgan fingerprint density at radius 3 is 2.88 bits per heavy atom. The molecule has 0 saturated carbocycles. The molecule has 2 aromatic rings. The van der Waals surface area contributed by atoms with E-state index < -0.39 is 0 Å². The second-order valence-electron chi connectivity index (χ2n) is 6.28. The molecular formula is C19H23N3O2S. The summed E-state index contributed by atoms with van der Waals surface area (Å²) >= 11 is 1.41. The van der Waals surface area contributed by atoms with Crippen LogP contribution in [-0.4, -0.2) is 21.7 Å². The number of nitrogens with zero attached hydrogens (tertiary/aromatic N) is 2. The zero-order valence-electron chi connectivity index (χ0n) is 14.9. The van der Waals surface area contributed by atoms with E-state index in [2.05, 4.69) is 17.2 Å². The molecule has 0 saturated heterocycles. The average Bonchev–Trinajstić information content (AvgIpc) is 3.07. The van der Waals surface area contributed by atoms with E-state index in [1.54, 1.807) is 0 Å². The van der Waals surface area contributed by atoms with Gasteiger partial charge in [0.05, 0.1) is 5.69 Å². The number of carbonyl (C=O) groups excluding carboxylic acids is 1. The van der Waals surface area contributed by atoms with Crippen molar-refractivity contribution in [1.29, 1.82) is 0 Å². The summed E-state index contributed by atoms with van der Waals surface area (Å²) in [4.78, 5) is 30.0. The van der Waals surface area contributed by atoms with Gasteiger partial charge in [-0.3, -0.25) is 14.2 Å². The highest BCUT2D eigenvalue weighted by molar-refractivity contribution is 7.98. The quantitative estimate of drug-likeness (QED) is 0.660. The van der Waals surface area contributed by atoms with Gasteiger partial charge in [0.25, 0.3) is 5.56 Å². The van der Waals surface area contributed by atoms with Crippen molar-refractivity contribution in [2.45, 2.75) is 51.2 Å². The highest BCUT2D eigenvalue weighted by Crippen LogP contribution is 2.22. The zero-order chi connectivity index (χ0) is 18.0. The minimum absolute atomic E-state index is 0.00717. The predicted molar refractivity (Wildman–Crippen MR) is 101 cm³/mol.